The lowest BCUT2D eigenvalue weighted by Crippen LogP contribution is -2.24. The number of halogens is 1. The number of rotatable bonds is 12. The number of amides is 1. The number of fused-ring (bicyclic) bond motifs is 1. The van der Waals surface area contributed by atoms with Crippen LogP contribution in [0, 0.1) is 13.8 Å². The van der Waals surface area contributed by atoms with Crippen molar-refractivity contribution in [2.45, 2.75) is 52.5 Å². The molecule has 1 heterocycles. The molecule has 0 aliphatic carbocycles. The number of nitrogens with one attached hydrogen (secondary N) is 1. The summed E-state index contributed by atoms with van der Waals surface area (Å²) in [5.74, 6) is 1.99. The van der Waals surface area contributed by atoms with E-state index in [0.717, 1.165) is 55.7 Å². The smallest absolute Gasteiger partial charge is 0.252 e. The van der Waals surface area contributed by atoms with Crippen LogP contribution in [-0.2, 0) is 13.0 Å². The standard InChI is InChI=1S/C30H34ClN3O2/c1-22-12-10-13-23(2)29(22)36-21-11-20-34-27-17-8-7-16-26(27)33-28(34)18-4-3-9-19-32-30(35)24-14-5-6-15-25(24)31/h5-8,10,12-17H,3-4,9,11,18-21H2,1-2H3,(H,32,35). The second-order valence-corrected chi connectivity index (χ2v) is 9.54. The minimum atomic E-state index is -0.120. The Bertz CT molecular complexity index is 1290. The van der Waals surface area contributed by atoms with Crippen LogP contribution in [0.25, 0.3) is 11.0 Å². The molecule has 5 nitrogen and oxygen atoms in total. The Morgan fingerprint density at radius 2 is 1.67 bits per heavy atom. The van der Waals surface area contributed by atoms with Gasteiger partial charge in [-0.25, -0.2) is 4.98 Å². The summed E-state index contributed by atoms with van der Waals surface area (Å²) >= 11 is 6.11. The minimum Gasteiger partial charge on any atom is -0.493 e. The van der Waals surface area contributed by atoms with Gasteiger partial charge in [-0.05, 0) is 68.5 Å². The third-order valence-electron chi connectivity index (χ3n) is 6.40. The Labute approximate surface area is 218 Å². The molecule has 6 heteroatoms. The summed E-state index contributed by atoms with van der Waals surface area (Å²) in [6.07, 6.45) is 4.77. The zero-order valence-electron chi connectivity index (χ0n) is 21.1. The van der Waals surface area contributed by atoms with Crippen LogP contribution in [-0.4, -0.2) is 28.6 Å². The molecule has 36 heavy (non-hydrogen) atoms. The van der Waals surface area contributed by atoms with Crippen molar-refractivity contribution in [3.63, 3.8) is 0 Å². The second-order valence-electron chi connectivity index (χ2n) is 9.14. The molecule has 3 aromatic carbocycles. The third kappa shape index (κ3) is 6.46. The third-order valence-corrected chi connectivity index (χ3v) is 6.73. The van der Waals surface area contributed by atoms with E-state index in [1.54, 1.807) is 12.1 Å². The predicted molar refractivity (Wildman–Crippen MR) is 147 cm³/mol. The fourth-order valence-corrected chi connectivity index (χ4v) is 4.74. The summed E-state index contributed by atoms with van der Waals surface area (Å²) in [7, 11) is 0. The van der Waals surface area contributed by atoms with Gasteiger partial charge in [-0.1, -0.05) is 60.5 Å². The SMILES string of the molecule is Cc1cccc(C)c1OCCCn1c(CCCCCNC(=O)c2ccccc2Cl)nc2ccccc21. The Morgan fingerprint density at radius 1 is 0.917 bits per heavy atom. The number of para-hydroxylation sites is 3. The Kier molecular flexibility index (Phi) is 9.01. The summed E-state index contributed by atoms with van der Waals surface area (Å²) in [6.45, 7) is 6.35. The van der Waals surface area contributed by atoms with Crippen LogP contribution >= 0.6 is 11.6 Å². The molecule has 188 valence electrons. The number of unbranched alkanes of at least 4 members (excludes halogenated alkanes) is 2. The van der Waals surface area contributed by atoms with E-state index >= 15 is 0 Å². The fourth-order valence-electron chi connectivity index (χ4n) is 4.52. The van der Waals surface area contributed by atoms with Gasteiger partial charge >= 0.3 is 0 Å². The summed E-state index contributed by atoms with van der Waals surface area (Å²) in [5.41, 5.74) is 5.08. The average Bonchev–Trinajstić information content (AvgIpc) is 3.22. The van der Waals surface area contributed by atoms with E-state index in [9.17, 15) is 4.79 Å². The number of aromatic nitrogens is 2. The van der Waals surface area contributed by atoms with Crippen molar-refractivity contribution < 1.29 is 9.53 Å². The van der Waals surface area contributed by atoms with E-state index in [1.807, 2.05) is 18.2 Å². The molecule has 0 saturated heterocycles. The van der Waals surface area contributed by atoms with Crippen LogP contribution in [0.4, 0.5) is 0 Å². The maximum atomic E-state index is 12.3. The molecule has 4 rings (SSSR count). The van der Waals surface area contributed by atoms with Crippen molar-refractivity contribution in [2.24, 2.45) is 0 Å². The molecule has 0 atom stereocenters. The number of benzene rings is 3. The van der Waals surface area contributed by atoms with E-state index in [1.165, 1.54) is 16.6 Å². The summed E-state index contributed by atoms with van der Waals surface area (Å²) < 4.78 is 8.46. The maximum absolute atomic E-state index is 12.3. The Hall–Kier alpha value is -3.31. The first kappa shape index (κ1) is 25.8. The molecule has 1 aromatic heterocycles. The zero-order chi connectivity index (χ0) is 25.3. The fraction of sp³-hybridized carbons (Fsp3) is 0.333. The van der Waals surface area contributed by atoms with Gasteiger partial charge in [0.05, 0.1) is 28.2 Å². The largest absolute Gasteiger partial charge is 0.493 e. The van der Waals surface area contributed by atoms with Gasteiger partial charge in [-0.15, -0.1) is 0 Å². The van der Waals surface area contributed by atoms with E-state index in [2.05, 4.69) is 60.1 Å². The van der Waals surface area contributed by atoms with Crippen molar-refractivity contribution in [3.05, 3.63) is 94.3 Å². The lowest BCUT2D eigenvalue weighted by molar-refractivity contribution is 0.0953. The lowest BCUT2D eigenvalue weighted by atomic mass is 10.1. The van der Waals surface area contributed by atoms with E-state index < -0.39 is 0 Å². The maximum Gasteiger partial charge on any atom is 0.252 e. The van der Waals surface area contributed by atoms with Gasteiger partial charge in [-0.3, -0.25) is 4.79 Å². The molecule has 0 saturated carbocycles. The molecule has 0 unspecified atom stereocenters. The first-order valence-electron chi connectivity index (χ1n) is 12.7. The highest BCUT2D eigenvalue weighted by molar-refractivity contribution is 6.33. The normalized spacial score (nSPS) is 11.1. The molecular weight excluding hydrogens is 470 g/mol. The predicted octanol–water partition coefficient (Wildman–Crippen LogP) is 6.92. The van der Waals surface area contributed by atoms with Crippen LogP contribution in [0.2, 0.25) is 5.02 Å². The Morgan fingerprint density at radius 3 is 2.47 bits per heavy atom. The first-order valence-corrected chi connectivity index (χ1v) is 13.1. The van der Waals surface area contributed by atoms with Gasteiger partial charge in [0.2, 0.25) is 0 Å². The van der Waals surface area contributed by atoms with E-state index in [4.69, 9.17) is 21.3 Å². The summed E-state index contributed by atoms with van der Waals surface area (Å²) in [6, 6.07) is 21.7. The van der Waals surface area contributed by atoms with Gasteiger partial charge in [0, 0.05) is 19.5 Å². The lowest BCUT2D eigenvalue weighted by Gasteiger charge is -2.13. The highest BCUT2D eigenvalue weighted by Crippen LogP contribution is 2.23. The first-order chi connectivity index (χ1) is 17.5. The summed E-state index contributed by atoms with van der Waals surface area (Å²) in [4.78, 5) is 17.2. The summed E-state index contributed by atoms with van der Waals surface area (Å²) in [5, 5.41) is 3.45. The van der Waals surface area contributed by atoms with E-state index in [-0.39, 0.29) is 5.91 Å². The molecule has 0 radical (unpaired) electrons. The van der Waals surface area contributed by atoms with Crippen LogP contribution in [0.15, 0.2) is 66.7 Å². The molecule has 0 spiro atoms. The molecule has 0 fully saturated rings. The van der Waals surface area contributed by atoms with Crippen LogP contribution in [0.5, 0.6) is 5.75 Å². The van der Waals surface area contributed by atoms with Crippen molar-refractivity contribution in [1.82, 2.24) is 14.9 Å². The number of imidazole rings is 1. The molecule has 0 aliphatic heterocycles. The number of carbonyl (C=O) groups excluding carboxylic acids is 1. The highest BCUT2D eigenvalue weighted by atomic mass is 35.5. The van der Waals surface area contributed by atoms with Crippen molar-refractivity contribution in [2.75, 3.05) is 13.2 Å². The number of ether oxygens (including phenoxy) is 1. The molecule has 4 aromatic rings. The van der Waals surface area contributed by atoms with Crippen LogP contribution < -0.4 is 10.1 Å². The van der Waals surface area contributed by atoms with Crippen molar-refractivity contribution in [1.29, 1.82) is 0 Å². The Balaban J connectivity index is 1.27. The molecular formula is C30H34ClN3O2. The van der Waals surface area contributed by atoms with Crippen molar-refractivity contribution in [3.8, 4) is 5.75 Å². The molecule has 1 N–H and O–H groups in total. The van der Waals surface area contributed by atoms with Gasteiger partial charge < -0.3 is 14.6 Å². The van der Waals surface area contributed by atoms with Gasteiger partial charge in [0.15, 0.2) is 0 Å². The van der Waals surface area contributed by atoms with E-state index in [0.29, 0.717) is 23.7 Å². The number of aryl methyl sites for hydroxylation is 4. The minimum absolute atomic E-state index is 0.120. The molecule has 1 amide bonds. The van der Waals surface area contributed by atoms with Crippen LogP contribution in [0.1, 0.15) is 53.0 Å². The van der Waals surface area contributed by atoms with Gasteiger partial charge in [-0.2, -0.15) is 0 Å². The monoisotopic (exact) mass is 503 g/mol. The molecule has 0 bridgehead atoms. The topological polar surface area (TPSA) is 56.1 Å². The number of nitrogens with zero attached hydrogens (tertiary/aromatic N) is 2. The second kappa shape index (κ2) is 12.6. The van der Waals surface area contributed by atoms with Crippen molar-refractivity contribution >= 4 is 28.5 Å². The zero-order valence-corrected chi connectivity index (χ0v) is 21.9. The average molecular weight is 504 g/mol. The van der Waals surface area contributed by atoms with Gasteiger partial charge in [0.1, 0.15) is 11.6 Å². The van der Waals surface area contributed by atoms with Crippen LogP contribution in [0.3, 0.4) is 0 Å². The number of hydrogen-bond donors (Lipinski definition) is 1. The number of hydrogen-bond acceptors (Lipinski definition) is 3. The molecule has 0 aliphatic rings. The number of carbonyl (C=O) groups is 1. The highest BCUT2D eigenvalue weighted by Gasteiger charge is 2.11. The quantitative estimate of drug-likeness (QED) is 0.213. The van der Waals surface area contributed by atoms with Gasteiger partial charge in [0.25, 0.3) is 5.91 Å².